The minimum absolute atomic E-state index is 0.00513. The molecule has 2 aromatic rings. The first-order valence-electron chi connectivity index (χ1n) is 11.7. The summed E-state index contributed by atoms with van der Waals surface area (Å²) >= 11 is 0. The SMILES string of the molecule is C=Cc1cc(-c2cc(C#N)c(N3CCN(C(=O)CCO)[C@H](C(C)C)C3)nc2C2CC2)ccn1. The highest BCUT2D eigenvalue weighted by molar-refractivity contribution is 5.77. The lowest BCUT2D eigenvalue weighted by Gasteiger charge is -2.44. The molecular weight excluding hydrogens is 414 g/mol. The monoisotopic (exact) mass is 445 g/mol. The summed E-state index contributed by atoms with van der Waals surface area (Å²) < 4.78 is 0. The summed E-state index contributed by atoms with van der Waals surface area (Å²) in [6, 6.07) is 8.27. The van der Waals surface area contributed by atoms with Crippen molar-refractivity contribution < 1.29 is 9.90 Å². The number of aliphatic hydroxyl groups is 1. The van der Waals surface area contributed by atoms with E-state index in [1.807, 2.05) is 23.1 Å². The Hall–Kier alpha value is -3.24. The van der Waals surface area contributed by atoms with Gasteiger partial charge in [0.15, 0.2) is 0 Å². The lowest BCUT2D eigenvalue weighted by Crippen LogP contribution is -2.57. The summed E-state index contributed by atoms with van der Waals surface area (Å²) in [7, 11) is 0. The van der Waals surface area contributed by atoms with E-state index in [9.17, 15) is 15.2 Å². The van der Waals surface area contributed by atoms with Crippen LogP contribution in [-0.4, -0.2) is 58.2 Å². The molecule has 3 heterocycles. The Labute approximate surface area is 195 Å². The van der Waals surface area contributed by atoms with Crippen LogP contribution in [0, 0.1) is 17.2 Å². The number of piperazine rings is 1. The maximum Gasteiger partial charge on any atom is 0.225 e. The Morgan fingerprint density at radius 1 is 1.36 bits per heavy atom. The number of hydrogen-bond acceptors (Lipinski definition) is 6. The standard InChI is InChI=1S/C26H31N5O2/c1-4-21-13-19(7-9-28-21)22-14-20(15-27)26(29-25(22)18-5-6-18)30-10-11-31(24(33)8-12-32)23(16-30)17(2)3/h4,7,9,13-14,17-18,23,32H,1,5-6,8,10-12,16H2,2-3H3/t23-/m0/s1. The molecular formula is C26H31N5O2. The Bertz CT molecular complexity index is 1090. The van der Waals surface area contributed by atoms with Crippen LogP contribution in [0.15, 0.2) is 31.0 Å². The molecule has 2 aliphatic rings. The van der Waals surface area contributed by atoms with Gasteiger partial charge in [0.05, 0.1) is 29.6 Å². The summed E-state index contributed by atoms with van der Waals surface area (Å²) in [5.41, 5.74) is 4.35. The van der Waals surface area contributed by atoms with Gasteiger partial charge in [0.25, 0.3) is 0 Å². The van der Waals surface area contributed by atoms with Crippen LogP contribution in [0.4, 0.5) is 5.82 Å². The average Bonchev–Trinajstić information content (AvgIpc) is 3.68. The number of carbonyl (C=O) groups is 1. The first-order chi connectivity index (χ1) is 16.0. The van der Waals surface area contributed by atoms with Gasteiger partial charge in [-0.3, -0.25) is 9.78 Å². The molecule has 1 saturated carbocycles. The number of pyridine rings is 2. The number of nitrogens with zero attached hydrogens (tertiary/aromatic N) is 5. The van der Waals surface area contributed by atoms with E-state index in [1.165, 1.54) is 0 Å². The van der Waals surface area contributed by atoms with Crippen LogP contribution in [0.25, 0.3) is 17.2 Å². The highest BCUT2D eigenvalue weighted by Gasteiger charge is 2.35. The largest absolute Gasteiger partial charge is 0.396 e. The lowest BCUT2D eigenvalue weighted by molar-refractivity contribution is -0.135. The molecule has 7 heteroatoms. The number of anilines is 1. The predicted octanol–water partition coefficient (Wildman–Crippen LogP) is 3.59. The number of nitriles is 1. The fraction of sp³-hybridized carbons (Fsp3) is 0.462. The van der Waals surface area contributed by atoms with Crippen molar-refractivity contribution in [1.82, 2.24) is 14.9 Å². The van der Waals surface area contributed by atoms with Crippen molar-refractivity contribution in [2.75, 3.05) is 31.1 Å². The van der Waals surface area contributed by atoms with Gasteiger partial charge in [-0.2, -0.15) is 5.26 Å². The van der Waals surface area contributed by atoms with Crippen molar-refractivity contribution in [1.29, 1.82) is 5.26 Å². The smallest absolute Gasteiger partial charge is 0.225 e. The van der Waals surface area contributed by atoms with E-state index in [1.54, 1.807) is 12.3 Å². The van der Waals surface area contributed by atoms with Crippen molar-refractivity contribution in [2.24, 2.45) is 5.92 Å². The van der Waals surface area contributed by atoms with Gasteiger partial charge < -0.3 is 14.9 Å². The van der Waals surface area contributed by atoms with Crippen molar-refractivity contribution in [2.45, 2.75) is 45.1 Å². The van der Waals surface area contributed by atoms with Gasteiger partial charge in [-0.05, 0) is 48.6 Å². The zero-order valence-electron chi connectivity index (χ0n) is 19.4. The van der Waals surface area contributed by atoms with Gasteiger partial charge in [-0.15, -0.1) is 0 Å². The summed E-state index contributed by atoms with van der Waals surface area (Å²) in [4.78, 5) is 26.0. The normalized spacial score (nSPS) is 18.3. The van der Waals surface area contributed by atoms with E-state index in [-0.39, 0.29) is 30.9 Å². The van der Waals surface area contributed by atoms with E-state index < -0.39 is 0 Å². The highest BCUT2D eigenvalue weighted by Crippen LogP contribution is 2.45. The molecule has 0 spiro atoms. The molecule has 1 atom stereocenters. The minimum Gasteiger partial charge on any atom is -0.396 e. The summed E-state index contributed by atoms with van der Waals surface area (Å²) in [5, 5.41) is 19.2. The first-order valence-corrected chi connectivity index (χ1v) is 11.7. The van der Waals surface area contributed by atoms with Crippen LogP contribution in [0.2, 0.25) is 0 Å². The third-order valence-electron chi connectivity index (χ3n) is 6.55. The van der Waals surface area contributed by atoms with Gasteiger partial charge in [-0.1, -0.05) is 20.4 Å². The van der Waals surface area contributed by atoms with E-state index in [0.29, 0.717) is 36.9 Å². The molecule has 172 valence electrons. The molecule has 0 aromatic carbocycles. The van der Waals surface area contributed by atoms with Crippen molar-refractivity contribution >= 4 is 17.8 Å². The Morgan fingerprint density at radius 2 is 2.15 bits per heavy atom. The van der Waals surface area contributed by atoms with Crippen LogP contribution in [-0.2, 0) is 4.79 Å². The summed E-state index contributed by atoms with van der Waals surface area (Å²) in [6.45, 7) is 9.67. The number of carbonyl (C=O) groups excluding carboxylic acids is 1. The molecule has 0 bridgehead atoms. The molecule has 0 radical (unpaired) electrons. The number of aromatic nitrogens is 2. The van der Waals surface area contributed by atoms with Crippen LogP contribution >= 0.6 is 0 Å². The molecule has 1 amide bonds. The predicted molar refractivity (Wildman–Crippen MR) is 129 cm³/mol. The second-order valence-electron chi connectivity index (χ2n) is 9.17. The fourth-order valence-electron chi connectivity index (χ4n) is 4.59. The highest BCUT2D eigenvalue weighted by atomic mass is 16.3. The van der Waals surface area contributed by atoms with Gasteiger partial charge in [0, 0.05) is 43.7 Å². The molecule has 0 unspecified atom stereocenters. The average molecular weight is 446 g/mol. The van der Waals surface area contributed by atoms with E-state index in [0.717, 1.165) is 35.4 Å². The van der Waals surface area contributed by atoms with Crippen molar-refractivity contribution in [3.63, 3.8) is 0 Å². The quantitative estimate of drug-likeness (QED) is 0.700. The van der Waals surface area contributed by atoms with Gasteiger partial charge in [-0.25, -0.2) is 4.98 Å². The Kier molecular flexibility index (Phi) is 6.75. The first kappa shape index (κ1) is 22.9. The molecule has 1 aliphatic carbocycles. The number of amides is 1. The number of hydrogen-bond donors (Lipinski definition) is 1. The van der Waals surface area contributed by atoms with Crippen LogP contribution < -0.4 is 4.90 Å². The topological polar surface area (TPSA) is 93.4 Å². The van der Waals surface area contributed by atoms with E-state index >= 15 is 0 Å². The van der Waals surface area contributed by atoms with E-state index in [2.05, 4.69) is 36.4 Å². The van der Waals surface area contributed by atoms with Crippen LogP contribution in [0.1, 0.15) is 56.0 Å². The Morgan fingerprint density at radius 3 is 2.79 bits per heavy atom. The number of rotatable bonds is 7. The van der Waals surface area contributed by atoms with Crippen molar-refractivity contribution in [3.05, 3.63) is 47.9 Å². The zero-order chi connectivity index (χ0) is 23.5. The molecule has 2 aromatic heterocycles. The molecule has 33 heavy (non-hydrogen) atoms. The molecule has 1 N–H and O–H groups in total. The molecule has 7 nitrogen and oxygen atoms in total. The molecule has 1 aliphatic heterocycles. The maximum absolute atomic E-state index is 12.6. The second-order valence-corrected chi connectivity index (χ2v) is 9.17. The van der Waals surface area contributed by atoms with Crippen molar-refractivity contribution in [3.8, 4) is 17.2 Å². The van der Waals surface area contributed by atoms with Gasteiger partial charge >= 0.3 is 0 Å². The molecule has 4 rings (SSSR count). The summed E-state index contributed by atoms with van der Waals surface area (Å²) in [6.07, 6.45) is 5.82. The van der Waals surface area contributed by atoms with Crippen LogP contribution in [0.5, 0.6) is 0 Å². The lowest BCUT2D eigenvalue weighted by atomic mass is 9.97. The zero-order valence-corrected chi connectivity index (χ0v) is 19.4. The van der Waals surface area contributed by atoms with Gasteiger partial charge in [0.2, 0.25) is 5.91 Å². The van der Waals surface area contributed by atoms with Crippen LogP contribution in [0.3, 0.4) is 0 Å². The fourth-order valence-corrected chi connectivity index (χ4v) is 4.59. The third kappa shape index (κ3) is 4.76. The summed E-state index contributed by atoms with van der Waals surface area (Å²) in [5.74, 6) is 1.34. The van der Waals surface area contributed by atoms with E-state index in [4.69, 9.17) is 4.98 Å². The Balaban J connectivity index is 1.71. The minimum atomic E-state index is -0.140. The molecule has 1 saturated heterocycles. The third-order valence-corrected chi connectivity index (χ3v) is 6.55. The van der Waals surface area contributed by atoms with Gasteiger partial charge in [0.1, 0.15) is 11.9 Å². The molecule has 2 fully saturated rings. The maximum atomic E-state index is 12.6. The number of aliphatic hydroxyl groups excluding tert-OH is 1. The second kappa shape index (κ2) is 9.72.